The summed E-state index contributed by atoms with van der Waals surface area (Å²) in [5.74, 6) is 0.908. The number of nitrogens with zero attached hydrogens (tertiary/aromatic N) is 3. The lowest BCUT2D eigenvalue weighted by molar-refractivity contribution is -0.116. The maximum atomic E-state index is 12.3. The van der Waals surface area contributed by atoms with Crippen molar-refractivity contribution >= 4 is 17.5 Å². The first-order valence-electron chi connectivity index (χ1n) is 10.1. The second-order valence-corrected chi connectivity index (χ2v) is 7.10. The van der Waals surface area contributed by atoms with Gasteiger partial charge < -0.3 is 19.9 Å². The van der Waals surface area contributed by atoms with Crippen LogP contribution in [0.25, 0.3) is 11.5 Å². The van der Waals surface area contributed by atoms with Crippen molar-refractivity contribution in [3.05, 3.63) is 60.2 Å². The largest absolute Gasteiger partial charge is 0.379 e. The van der Waals surface area contributed by atoms with Crippen LogP contribution in [0, 0.1) is 0 Å². The van der Waals surface area contributed by atoms with Crippen LogP contribution in [0.3, 0.4) is 0 Å². The topological polar surface area (TPSA) is 92.5 Å². The summed E-state index contributed by atoms with van der Waals surface area (Å²) in [5, 5.41) is 10.1. The highest BCUT2D eigenvalue weighted by atomic mass is 16.5. The first kappa shape index (κ1) is 20.1. The monoisotopic (exact) mass is 407 g/mol. The Morgan fingerprint density at radius 2 is 1.90 bits per heavy atom. The van der Waals surface area contributed by atoms with Crippen molar-refractivity contribution < 1.29 is 14.1 Å². The van der Waals surface area contributed by atoms with Gasteiger partial charge >= 0.3 is 0 Å². The van der Waals surface area contributed by atoms with E-state index in [0.717, 1.165) is 49.7 Å². The molecular weight excluding hydrogens is 382 g/mol. The standard InChI is InChI=1S/C22H25N5O3/c28-20(9-10-27-11-13-29-14-12-27)24-19-8-4-5-17(15-19)16-23-22-25-21(30-26-22)18-6-2-1-3-7-18/h1-8,15H,9-14,16H2,(H,23,26)(H,24,28). The number of ether oxygens (including phenoxy) is 1. The fourth-order valence-electron chi connectivity index (χ4n) is 3.24. The Hall–Kier alpha value is -3.23. The average Bonchev–Trinajstić information content (AvgIpc) is 3.27. The van der Waals surface area contributed by atoms with Crippen LogP contribution in [0.4, 0.5) is 11.6 Å². The molecule has 3 aromatic rings. The van der Waals surface area contributed by atoms with E-state index in [1.54, 1.807) is 0 Å². The third-order valence-electron chi connectivity index (χ3n) is 4.87. The van der Waals surface area contributed by atoms with Crippen molar-refractivity contribution in [1.29, 1.82) is 0 Å². The highest BCUT2D eigenvalue weighted by Crippen LogP contribution is 2.18. The van der Waals surface area contributed by atoms with Gasteiger partial charge in [0, 0.05) is 43.9 Å². The summed E-state index contributed by atoms with van der Waals surface area (Å²) in [4.78, 5) is 18.9. The fourth-order valence-corrected chi connectivity index (χ4v) is 3.24. The zero-order valence-corrected chi connectivity index (χ0v) is 16.7. The number of rotatable bonds is 8. The summed E-state index contributed by atoms with van der Waals surface area (Å²) in [6, 6.07) is 17.4. The van der Waals surface area contributed by atoms with E-state index in [2.05, 4.69) is 25.7 Å². The molecule has 0 bridgehead atoms. The molecule has 0 radical (unpaired) electrons. The number of morpholine rings is 1. The molecule has 8 nitrogen and oxygen atoms in total. The lowest BCUT2D eigenvalue weighted by Crippen LogP contribution is -2.38. The highest BCUT2D eigenvalue weighted by molar-refractivity contribution is 5.90. The van der Waals surface area contributed by atoms with Gasteiger partial charge in [-0.3, -0.25) is 9.69 Å². The van der Waals surface area contributed by atoms with Gasteiger partial charge in [-0.2, -0.15) is 4.98 Å². The Morgan fingerprint density at radius 3 is 2.73 bits per heavy atom. The lowest BCUT2D eigenvalue weighted by Gasteiger charge is -2.26. The number of carbonyl (C=O) groups is 1. The maximum absolute atomic E-state index is 12.3. The molecule has 1 amide bonds. The minimum Gasteiger partial charge on any atom is -0.379 e. The summed E-state index contributed by atoms with van der Waals surface area (Å²) >= 11 is 0. The van der Waals surface area contributed by atoms with Crippen LogP contribution in [-0.2, 0) is 16.1 Å². The predicted octanol–water partition coefficient (Wildman–Crippen LogP) is 3.01. The zero-order valence-electron chi connectivity index (χ0n) is 16.7. The number of amides is 1. The van der Waals surface area contributed by atoms with Crippen LogP contribution in [0.15, 0.2) is 59.1 Å². The summed E-state index contributed by atoms with van der Waals surface area (Å²) in [7, 11) is 0. The molecule has 1 aliphatic rings. The number of hydrogen-bond acceptors (Lipinski definition) is 7. The quantitative estimate of drug-likeness (QED) is 0.593. The number of nitrogens with one attached hydrogen (secondary N) is 2. The van der Waals surface area contributed by atoms with Gasteiger partial charge in [-0.1, -0.05) is 30.3 Å². The minimum atomic E-state index is 0.0114. The molecule has 1 fully saturated rings. The maximum Gasteiger partial charge on any atom is 0.264 e. The molecule has 0 saturated carbocycles. The molecule has 0 spiro atoms. The minimum absolute atomic E-state index is 0.0114. The van der Waals surface area contributed by atoms with E-state index in [1.165, 1.54) is 0 Å². The SMILES string of the molecule is O=C(CCN1CCOCC1)Nc1cccc(CNc2noc(-c3ccccc3)n2)c1. The van der Waals surface area contributed by atoms with Gasteiger partial charge in [0.1, 0.15) is 0 Å². The lowest BCUT2D eigenvalue weighted by atomic mass is 10.2. The van der Waals surface area contributed by atoms with E-state index < -0.39 is 0 Å². The summed E-state index contributed by atoms with van der Waals surface area (Å²) in [6.07, 6.45) is 0.466. The third-order valence-corrected chi connectivity index (χ3v) is 4.87. The van der Waals surface area contributed by atoms with Gasteiger partial charge in [-0.15, -0.1) is 0 Å². The normalized spacial score (nSPS) is 14.4. The Kier molecular flexibility index (Phi) is 6.68. The van der Waals surface area contributed by atoms with Crippen LogP contribution in [0.2, 0.25) is 0 Å². The van der Waals surface area contributed by atoms with Gasteiger partial charge in [0.25, 0.3) is 11.8 Å². The second-order valence-electron chi connectivity index (χ2n) is 7.10. The highest BCUT2D eigenvalue weighted by Gasteiger charge is 2.12. The fraction of sp³-hybridized carbons (Fsp3) is 0.318. The number of hydrogen-bond donors (Lipinski definition) is 2. The van der Waals surface area contributed by atoms with E-state index in [-0.39, 0.29) is 5.91 Å². The molecule has 0 aliphatic carbocycles. The molecule has 2 N–H and O–H groups in total. The molecule has 1 aromatic heterocycles. The van der Waals surface area contributed by atoms with Gasteiger partial charge in [0.15, 0.2) is 0 Å². The van der Waals surface area contributed by atoms with Crippen molar-refractivity contribution in [2.24, 2.45) is 0 Å². The number of benzene rings is 2. The number of aromatic nitrogens is 2. The van der Waals surface area contributed by atoms with Crippen LogP contribution in [0.5, 0.6) is 0 Å². The van der Waals surface area contributed by atoms with Gasteiger partial charge in [0.05, 0.1) is 13.2 Å². The Balaban J connectivity index is 1.27. The molecule has 8 heteroatoms. The second kappa shape index (κ2) is 10.00. The zero-order chi connectivity index (χ0) is 20.6. The molecule has 2 aromatic carbocycles. The van der Waals surface area contributed by atoms with Crippen LogP contribution >= 0.6 is 0 Å². The van der Waals surface area contributed by atoms with E-state index in [4.69, 9.17) is 9.26 Å². The number of anilines is 2. The molecule has 4 rings (SSSR count). The molecule has 2 heterocycles. The number of carbonyl (C=O) groups excluding carboxylic acids is 1. The van der Waals surface area contributed by atoms with Gasteiger partial charge in [-0.25, -0.2) is 0 Å². The van der Waals surface area contributed by atoms with Gasteiger partial charge in [-0.05, 0) is 35.0 Å². The molecular formula is C22H25N5O3. The smallest absolute Gasteiger partial charge is 0.264 e. The molecule has 1 saturated heterocycles. The summed E-state index contributed by atoms with van der Waals surface area (Å²) < 4.78 is 10.6. The van der Waals surface area contributed by atoms with Gasteiger partial charge in [0.2, 0.25) is 5.91 Å². The van der Waals surface area contributed by atoms with E-state index >= 15 is 0 Å². The van der Waals surface area contributed by atoms with E-state index in [0.29, 0.717) is 24.8 Å². The van der Waals surface area contributed by atoms with Crippen molar-refractivity contribution in [1.82, 2.24) is 15.0 Å². The van der Waals surface area contributed by atoms with Crippen molar-refractivity contribution in [2.75, 3.05) is 43.5 Å². The first-order valence-corrected chi connectivity index (χ1v) is 10.1. The van der Waals surface area contributed by atoms with Crippen LogP contribution < -0.4 is 10.6 Å². The molecule has 0 atom stereocenters. The average molecular weight is 407 g/mol. The van der Waals surface area contributed by atoms with Crippen LogP contribution in [-0.4, -0.2) is 53.8 Å². The van der Waals surface area contributed by atoms with E-state index in [1.807, 2.05) is 54.6 Å². The summed E-state index contributed by atoms with van der Waals surface area (Å²) in [5.41, 5.74) is 2.66. The van der Waals surface area contributed by atoms with Crippen molar-refractivity contribution in [2.45, 2.75) is 13.0 Å². The Labute approximate surface area is 175 Å². The summed E-state index contributed by atoms with van der Waals surface area (Å²) in [6.45, 7) is 4.52. The predicted molar refractivity (Wildman–Crippen MR) is 114 cm³/mol. The molecule has 156 valence electrons. The van der Waals surface area contributed by atoms with Crippen LogP contribution in [0.1, 0.15) is 12.0 Å². The Morgan fingerprint density at radius 1 is 1.07 bits per heavy atom. The molecule has 30 heavy (non-hydrogen) atoms. The van der Waals surface area contributed by atoms with Crippen molar-refractivity contribution in [3.63, 3.8) is 0 Å². The third kappa shape index (κ3) is 5.65. The van der Waals surface area contributed by atoms with Crippen molar-refractivity contribution in [3.8, 4) is 11.5 Å². The first-order chi connectivity index (χ1) is 14.8. The van der Waals surface area contributed by atoms with E-state index in [9.17, 15) is 4.79 Å². The molecule has 1 aliphatic heterocycles. The Bertz CT molecular complexity index is 954. The molecule has 0 unspecified atom stereocenters.